The molecule has 0 aliphatic heterocycles. The number of aryl methyl sites for hydroxylation is 3. The molecular formula is C24H28N4O3. The second-order valence-corrected chi connectivity index (χ2v) is 8.13. The number of aromatic nitrogens is 3. The van der Waals surface area contributed by atoms with E-state index in [1.165, 1.54) is 0 Å². The molecule has 0 saturated carbocycles. The molecule has 0 bridgehead atoms. The van der Waals surface area contributed by atoms with Gasteiger partial charge in [-0.05, 0) is 64.4 Å². The van der Waals surface area contributed by atoms with E-state index in [0.717, 1.165) is 53.8 Å². The Morgan fingerprint density at radius 3 is 2.74 bits per heavy atom. The fraction of sp³-hybridized carbons (Fsp3) is 0.375. The summed E-state index contributed by atoms with van der Waals surface area (Å²) in [5, 5.41) is 9.84. The third kappa shape index (κ3) is 4.68. The van der Waals surface area contributed by atoms with E-state index < -0.39 is 0 Å². The van der Waals surface area contributed by atoms with Crippen LogP contribution >= 0.6 is 0 Å². The molecule has 31 heavy (non-hydrogen) atoms. The van der Waals surface area contributed by atoms with Crippen LogP contribution in [0.25, 0.3) is 27.9 Å². The van der Waals surface area contributed by atoms with Gasteiger partial charge in [-0.1, -0.05) is 12.1 Å². The number of imidazole rings is 1. The molecule has 0 fully saturated rings. The zero-order valence-electron chi connectivity index (χ0n) is 18.3. The van der Waals surface area contributed by atoms with Crippen molar-refractivity contribution in [1.82, 2.24) is 19.3 Å². The molecule has 7 nitrogen and oxygen atoms in total. The zero-order valence-corrected chi connectivity index (χ0v) is 18.3. The van der Waals surface area contributed by atoms with E-state index in [2.05, 4.69) is 20.9 Å². The summed E-state index contributed by atoms with van der Waals surface area (Å²) < 4.78 is 7.56. The van der Waals surface area contributed by atoms with Gasteiger partial charge in [0.15, 0.2) is 5.65 Å². The lowest BCUT2D eigenvalue weighted by Crippen LogP contribution is -2.23. The number of aliphatic hydroxyl groups is 1. The lowest BCUT2D eigenvalue weighted by molar-refractivity contribution is 0.219. The first-order valence-corrected chi connectivity index (χ1v) is 10.6. The Kier molecular flexibility index (Phi) is 6.15. The van der Waals surface area contributed by atoms with Crippen molar-refractivity contribution in [2.75, 3.05) is 26.7 Å². The first-order chi connectivity index (χ1) is 14.9. The fourth-order valence-corrected chi connectivity index (χ4v) is 3.92. The molecule has 0 radical (unpaired) electrons. The largest absolute Gasteiger partial charge is 0.422 e. The summed E-state index contributed by atoms with van der Waals surface area (Å²) in [6.07, 6.45) is 6.76. The Balaban J connectivity index is 1.55. The number of hydrogen-bond donors (Lipinski definition) is 1. The number of rotatable bonds is 8. The molecule has 7 heteroatoms. The molecule has 0 amide bonds. The second kappa shape index (κ2) is 8.99. The molecule has 0 unspecified atom stereocenters. The van der Waals surface area contributed by atoms with Crippen LogP contribution in [0.3, 0.4) is 0 Å². The molecule has 3 heterocycles. The minimum absolute atomic E-state index is 0.188. The second-order valence-electron chi connectivity index (χ2n) is 8.13. The van der Waals surface area contributed by atoms with Crippen LogP contribution in [-0.4, -0.2) is 51.1 Å². The van der Waals surface area contributed by atoms with Crippen LogP contribution in [0.5, 0.6) is 0 Å². The van der Waals surface area contributed by atoms with Crippen LogP contribution in [0.15, 0.2) is 45.9 Å². The summed E-state index contributed by atoms with van der Waals surface area (Å²) >= 11 is 0. The molecule has 1 N–H and O–H groups in total. The highest BCUT2D eigenvalue weighted by atomic mass is 16.4. The summed E-state index contributed by atoms with van der Waals surface area (Å²) in [6.45, 7) is 5.69. The molecule has 0 aliphatic rings. The minimum Gasteiger partial charge on any atom is -0.422 e. The van der Waals surface area contributed by atoms with Gasteiger partial charge in [-0.15, -0.1) is 0 Å². The molecule has 0 spiro atoms. The smallest absolute Gasteiger partial charge is 0.345 e. The van der Waals surface area contributed by atoms with E-state index >= 15 is 0 Å². The topological polar surface area (TPSA) is 83.9 Å². The Hall–Kier alpha value is -3.03. The lowest BCUT2D eigenvalue weighted by atomic mass is 10.0. The van der Waals surface area contributed by atoms with E-state index in [1.807, 2.05) is 55.9 Å². The summed E-state index contributed by atoms with van der Waals surface area (Å²) in [6, 6.07) is 7.90. The number of aliphatic hydroxyl groups excluding tert-OH is 1. The van der Waals surface area contributed by atoms with Crippen molar-refractivity contribution >= 4 is 16.6 Å². The summed E-state index contributed by atoms with van der Waals surface area (Å²) in [4.78, 5) is 23.9. The first-order valence-electron chi connectivity index (χ1n) is 10.6. The number of hydrogen-bond acceptors (Lipinski definition) is 6. The van der Waals surface area contributed by atoms with Crippen LogP contribution in [-0.2, 0) is 6.42 Å². The number of benzene rings is 1. The van der Waals surface area contributed by atoms with Crippen molar-refractivity contribution in [3.05, 3.63) is 64.0 Å². The molecule has 0 atom stereocenters. The maximum Gasteiger partial charge on any atom is 0.345 e. The van der Waals surface area contributed by atoms with E-state index in [9.17, 15) is 4.79 Å². The highest BCUT2D eigenvalue weighted by molar-refractivity contribution is 5.81. The highest BCUT2D eigenvalue weighted by Gasteiger charge is 2.13. The van der Waals surface area contributed by atoms with Gasteiger partial charge in [0.05, 0.1) is 29.3 Å². The average Bonchev–Trinajstić information content (AvgIpc) is 3.15. The Bertz CT molecular complexity index is 1280. The maximum atomic E-state index is 12.7. The summed E-state index contributed by atoms with van der Waals surface area (Å²) in [5.41, 5.74) is 4.85. The number of likely N-dealkylation sites (N-methyl/N-ethyl adjacent to an activating group) is 1. The molecule has 1 aromatic carbocycles. The minimum atomic E-state index is -0.388. The van der Waals surface area contributed by atoms with Crippen LogP contribution in [0.4, 0.5) is 0 Å². The molecule has 3 aromatic heterocycles. The fourth-order valence-electron chi connectivity index (χ4n) is 3.92. The van der Waals surface area contributed by atoms with Gasteiger partial charge in [0, 0.05) is 24.3 Å². The average molecular weight is 421 g/mol. The first kappa shape index (κ1) is 21.2. The van der Waals surface area contributed by atoms with Crippen molar-refractivity contribution in [1.29, 1.82) is 0 Å². The molecule has 0 aliphatic carbocycles. The quantitative estimate of drug-likeness (QED) is 0.348. The van der Waals surface area contributed by atoms with Gasteiger partial charge in [0.2, 0.25) is 0 Å². The predicted octanol–water partition coefficient (Wildman–Crippen LogP) is 3.37. The Morgan fingerprint density at radius 2 is 1.94 bits per heavy atom. The lowest BCUT2D eigenvalue weighted by Gasteiger charge is -2.14. The van der Waals surface area contributed by atoms with Crippen molar-refractivity contribution in [2.45, 2.75) is 33.1 Å². The highest BCUT2D eigenvalue weighted by Crippen LogP contribution is 2.23. The predicted molar refractivity (Wildman–Crippen MR) is 121 cm³/mol. The third-order valence-electron chi connectivity index (χ3n) is 5.54. The van der Waals surface area contributed by atoms with E-state index in [0.29, 0.717) is 23.4 Å². The zero-order chi connectivity index (χ0) is 22.0. The van der Waals surface area contributed by atoms with Gasteiger partial charge in [-0.2, -0.15) is 0 Å². The molecule has 0 saturated heterocycles. The van der Waals surface area contributed by atoms with E-state index in [-0.39, 0.29) is 12.2 Å². The summed E-state index contributed by atoms with van der Waals surface area (Å²) in [5.74, 6) is 0. The van der Waals surface area contributed by atoms with Crippen molar-refractivity contribution in [2.24, 2.45) is 0 Å². The number of unbranched alkanes of at least 4 members (excludes halogenated alkanes) is 1. The standard InChI is InChI=1S/C24H28N4O3/c1-16-14-28-15-21(26-23(28)17(2)25-16)20-13-19-8-7-18(12-22(19)31-24(20)30)6-4-5-9-27(3)10-11-29/h7-8,12-15,29H,4-6,9-11H2,1-3H3. The molecule has 4 rings (SSSR count). The van der Waals surface area contributed by atoms with Crippen LogP contribution in [0, 0.1) is 13.8 Å². The maximum absolute atomic E-state index is 12.7. The summed E-state index contributed by atoms with van der Waals surface area (Å²) in [7, 11) is 2.01. The van der Waals surface area contributed by atoms with Crippen LogP contribution in [0.1, 0.15) is 29.8 Å². The van der Waals surface area contributed by atoms with Gasteiger partial charge in [0.25, 0.3) is 0 Å². The van der Waals surface area contributed by atoms with E-state index in [4.69, 9.17) is 9.52 Å². The Labute approximate surface area is 181 Å². The van der Waals surface area contributed by atoms with Gasteiger partial charge in [0.1, 0.15) is 5.58 Å². The van der Waals surface area contributed by atoms with Crippen LogP contribution in [0.2, 0.25) is 0 Å². The van der Waals surface area contributed by atoms with E-state index in [1.54, 1.807) is 0 Å². The molecular weight excluding hydrogens is 392 g/mol. The van der Waals surface area contributed by atoms with Gasteiger partial charge in [-0.3, -0.25) is 4.98 Å². The third-order valence-corrected chi connectivity index (χ3v) is 5.54. The Morgan fingerprint density at radius 1 is 1.10 bits per heavy atom. The van der Waals surface area contributed by atoms with Gasteiger partial charge >= 0.3 is 5.63 Å². The number of fused-ring (bicyclic) bond motifs is 2. The van der Waals surface area contributed by atoms with Crippen LogP contribution < -0.4 is 5.63 Å². The SMILES string of the molecule is Cc1cn2cc(-c3cc4ccc(CCCCN(C)CCO)cc4oc3=O)nc2c(C)n1. The normalized spacial score (nSPS) is 11.8. The molecule has 162 valence electrons. The van der Waals surface area contributed by atoms with Crippen molar-refractivity contribution in [3.8, 4) is 11.3 Å². The monoisotopic (exact) mass is 420 g/mol. The van der Waals surface area contributed by atoms with Crippen molar-refractivity contribution in [3.63, 3.8) is 0 Å². The van der Waals surface area contributed by atoms with Gasteiger partial charge in [-0.25, -0.2) is 9.78 Å². The number of nitrogens with zero attached hydrogens (tertiary/aromatic N) is 4. The van der Waals surface area contributed by atoms with Gasteiger partial charge < -0.3 is 18.8 Å². The molecule has 4 aromatic rings. The van der Waals surface area contributed by atoms with Crippen molar-refractivity contribution < 1.29 is 9.52 Å².